The van der Waals surface area contributed by atoms with E-state index in [-0.39, 0.29) is 16.3 Å². The molecule has 5 nitrogen and oxygen atoms in total. The van der Waals surface area contributed by atoms with Gasteiger partial charge in [-0.25, -0.2) is 4.79 Å². The van der Waals surface area contributed by atoms with Gasteiger partial charge in [-0.3, -0.25) is 9.78 Å². The van der Waals surface area contributed by atoms with E-state index in [1.54, 1.807) is 6.07 Å². The average molecular weight is 406 g/mol. The second-order valence-electron chi connectivity index (χ2n) is 5.01. The summed E-state index contributed by atoms with van der Waals surface area (Å²) in [6.45, 7) is 0. The second kappa shape index (κ2) is 6.59. The number of hydrogen-bond acceptors (Lipinski definition) is 3. The molecule has 0 atom stereocenters. The Morgan fingerprint density at radius 3 is 2.67 bits per heavy atom. The number of aromatic nitrogens is 1. The van der Waals surface area contributed by atoms with Crippen LogP contribution in [0, 0.1) is 0 Å². The summed E-state index contributed by atoms with van der Waals surface area (Å²) >= 11 is 9.17. The molecule has 7 heteroatoms. The number of carboxylic acids is 1. The summed E-state index contributed by atoms with van der Waals surface area (Å²) in [7, 11) is 0. The van der Waals surface area contributed by atoms with Gasteiger partial charge in [-0.15, -0.1) is 0 Å². The van der Waals surface area contributed by atoms with Crippen LogP contribution in [0.1, 0.15) is 20.7 Å². The van der Waals surface area contributed by atoms with Crippen molar-refractivity contribution in [3.8, 4) is 0 Å². The van der Waals surface area contributed by atoms with Gasteiger partial charge >= 0.3 is 5.97 Å². The van der Waals surface area contributed by atoms with Gasteiger partial charge in [-0.2, -0.15) is 0 Å². The van der Waals surface area contributed by atoms with E-state index in [0.717, 1.165) is 15.4 Å². The third-order valence-corrected chi connectivity index (χ3v) is 4.10. The molecule has 0 unspecified atom stereocenters. The number of rotatable bonds is 3. The number of anilines is 1. The highest BCUT2D eigenvalue weighted by Crippen LogP contribution is 2.23. The molecule has 0 spiro atoms. The number of hydrogen-bond donors (Lipinski definition) is 2. The van der Waals surface area contributed by atoms with Crippen LogP contribution >= 0.6 is 27.5 Å². The third-order valence-electron chi connectivity index (χ3n) is 3.37. The smallest absolute Gasteiger partial charge is 0.337 e. The van der Waals surface area contributed by atoms with Gasteiger partial charge in [-0.05, 0) is 36.4 Å². The van der Waals surface area contributed by atoms with Crippen LogP contribution in [0.15, 0.2) is 53.1 Å². The fourth-order valence-electron chi connectivity index (χ4n) is 2.22. The molecule has 2 N–H and O–H groups in total. The quantitative estimate of drug-likeness (QED) is 0.667. The number of nitrogens with zero attached hydrogens (tertiary/aromatic N) is 1. The zero-order valence-corrected chi connectivity index (χ0v) is 14.4. The lowest BCUT2D eigenvalue weighted by molar-refractivity contribution is 0.0698. The van der Waals surface area contributed by atoms with E-state index in [2.05, 4.69) is 26.2 Å². The van der Waals surface area contributed by atoms with Crippen molar-refractivity contribution in [3.05, 3.63) is 69.3 Å². The number of carbonyl (C=O) groups excluding carboxylic acids is 1. The fraction of sp³-hybridized carbons (Fsp3) is 0. The zero-order valence-electron chi connectivity index (χ0n) is 12.1. The standard InChI is InChI=1S/C17H10BrClN2O3/c18-11-2-1-9-5-10(8-20-15(9)6-11)16(22)21-14-4-3-12(19)7-13(14)17(23)24/h1-8H,(H,21,22)(H,23,24). The Morgan fingerprint density at radius 1 is 1.12 bits per heavy atom. The second-order valence-corrected chi connectivity index (χ2v) is 6.36. The average Bonchev–Trinajstić information content (AvgIpc) is 2.55. The van der Waals surface area contributed by atoms with Gasteiger partial charge in [0.2, 0.25) is 0 Å². The van der Waals surface area contributed by atoms with Gasteiger partial charge in [0, 0.05) is 21.1 Å². The van der Waals surface area contributed by atoms with Crippen molar-refractivity contribution in [2.75, 3.05) is 5.32 Å². The van der Waals surface area contributed by atoms with Crippen LogP contribution < -0.4 is 5.32 Å². The number of amides is 1. The van der Waals surface area contributed by atoms with E-state index in [0.29, 0.717) is 5.56 Å². The number of fused-ring (bicyclic) bond motifs is 1. The number of pyridine rings is 1. The zero-order chi connectivity index (χ0) is 17.3. The Labute approximate surface area is 150 Å². The molecular formula is C17H10BrClN2O3. The highest BCUT2D eigenvalue weighted by atomic mass is 79.9. The number of benzene rings is 2. The van der Waals surface area contributed by atoms with E-state index in [9.17, 15) is 14.7 Å². The van der Waals surface area contributed by atoms with Crippen LogP contribution in [-0.2, 0) is 0 Å². The third kappa shape index (κ3) is 3.39. The van der Waals surface area contributed by atoms with Gasteiger partial charge in [0.25, 0.3) is 5.91 Å². The molecule has 0 radical (unpaired) electrons. The Hall–Kier alpha value is -2.44. The van der Waals surface area contributed by atoms with E-state index in [4.69, 9.17) is 11.6 Å². The van der Waals surface area contributed by atoms with Crippen LogP contribution in [0.5, 0.6) is 0 Å². The summed E-state index contributed by atoms with van der Waals surface area (Å²) < 4.78 is 0.895. The van der Waals surface area contributed by atoms with Crippen molar-refractivity contribution in [3.63, 3.8) is 0 Å². The highest BCUT2D eigenvalue weighted by molar-refractivity contribution is 9.10. The molecule has 3 rings (SSSR count). The largest absolute Gasteiger partial charge is 0.478 e. The maximum absolute atomic E-state index is 12.4. The molecule has 0 aliphatic heterocycles. The van der Waals surface area contributed by atoms with E-state index >= 15 is 0 Å². The number of aromatic carboxylic acids is 1. The van der Waals surface area contributed by atoms with E-state index in [1.807, 2.05) is 18.2 Å². The van der Waals surface area contributed by atoms with E-state index < -0.39 is 11.9 Å². The van der Waals surface area contributed by atoms with Crippen LogP contribution in [-0.4, -0.2) is 22.0 Å². The summed E-state index contributed by atoms with van der Waals surface area (Å²) in [6.07, 6.45) is 1.44. The van der Waals surface area contributed by atoms with Gasteiger partial charge in [0.15, 0.2) is 0 Å². The summed E-state index contributed by atoms with van der Waals surface area (Å²) in [5.41, 5.74) is 1.18. The Morgan fingerprint density at radius 2 is 1.92 bits per heavy atom. The molecular weight excluding hydrogens is 396 g/mol. The number of carbonyl (C=O) groups is 2. The number of halogens is 2. The van der Waals surface area contributed by atoms with E-state index in [1.165, 1.54) is 24.4 Å². The topological polar surface area (TPSA) is 79.3 Å². The van der Waals surface area contributed by atoms with Crippen molar-refractivity contribution in [2.45, 2.75) is 0 Å². The first kappa shape index (κ1) is 16.4. The molecule has 0 aliphatic rings. The summed E-state index contributed by atoms with van der Waals surface area (Å²) in [5.74, 6) is -1.62. The minimum Gasteiger partial charge on any atom is -0.478 e. The van der Waals surface area contributed by atoms with Crippen LogP contribution in [0.3, 0.4) is 0 Å². The predicted molar refractivity (Wildman–Crippen MR) is 95.8 cm³/mol. The van der Waals surface area contributed by atoms with Crippen LogP contribution in [0.4, 0.5) is 5.69 Å². The molecule has 3 aromatic rings. The number of carboxylic acid groups (broad SMARTS) is 1. The number of nitrogens with one attached hydrogen (secondary N) is 1. The first-order valence-electron chi connectivity index (χ1n) is 6.83. The highest BCUT2D eigenvalue weighted by Gasteiger charge is 2.15. The molecule has 1 aromatic heterocycles. The molecule has 0 fully saturated rings. The van der Waals surface area contributed by atoms with Crippen molar-refractivity contribution >= 4 is 56.0 Å². The monoisotopic (exact) mass is 404 g/mol. The molecule has 120 valence electrons. The van der Waals surface area contributed by atoms with Gasteiger partial charge < -0.3 is 10.4 Å². The SMILES string of the molecule is O=C(Nc1ccc(Cl)cc1C(=O)O)c1cnc2cc(Br)ccc2c1. The first-order chi connectivity index (χ1) is 11.4. The molecule has 1 amide bonds. The minimum absolute atomic E-state index is 0.0754. The summed E-state index contributed by atoms with van der Waals surface area (Å²) in [5, 5.41) is 12.9. The molecule has 0 saturated heterocycles. The molecule has 0 aliphatic carbocycles. The Kier molecular flexibility index (Phi) is 4.51. The lowest BCUT2D eigenvalue weighted by atomic mass is 10.1. The Balaban J connectivity index is 1.93. The maximum Gasteiger partial charge on any atom is 0.337 e. The summed E-state index contributed by atoms with van der Waals surface area (Å²) in [6, 6.07) is 11.5. The molecule has 0 bridgehead atoms. The van der Waals surface area contributed by atoms with Crippen molar-refractivity contribution < 1.29 is 14.7 Å². The lowest BCUT2D eigenvalue weighted by Crippen LogP contribution is -2.15. The molecule has 24 heavy (non-hydrogen) atoms. The molecule has 2 aromatic carbocycles. The van der Waals surface area contributed by atoms with Gasteiger partial charge in [0.1, 0.15) is 0 Å². The molecule has 0 saturated carbocycles. The predicted octanol–water partition coefficient (Wildman–Crippen LogP) is 4.60. The van der Waals surface area contributed by atoms with Crippen LogP contribution in [0.25, 0.3) is 10.9 Å². The van der Waals surface area contributed by atoms with Gasteiger partial charge in [0.05, 0.1) is 22.3 Å². The normalized spacial score (nSPS) is 10.6. The minimum atomic E-state index is -1.17. The Bertz CT molecular complexity index is 975. The maximum atomic E-state index is 12.4. The van der Waals surface area contributed by atoms with Gasteiger partial charge in [-0.1, -0.05) is 33.6 Å². The van der Waals surface area contributed by atoms with Crippen molar-refractivity contribution in [2.24, 2.45) is 0 Å². The van der Waals surface area contributed by atoms with Crippen molar-refractivity contribution in [1.82, 2.24) is 4.98 Å². The lowest BCUT2D eigenvalue weighted by Gasteiger charge is -2.09. The van der Waals surface area contributed by atoms with Crippen molar-refractivity contribution in [1.29, 1.82) is 0 Å². The fourth-order valence-corrected chi connectivity index (χ4v) is 2.74. The van der Waals surface area contributed by atoms with Crippen LogP contribution in [0.2, 0.25) is 5.02 Å². The summed E-state index contributed by atoms with van der Waals surface area (Å²) in [4.78, 5) is 27.9. The first-order valence-corrected chi connectivity index (χ1v) is 8.00. The molecule has 1 heterocycles.